The number of likely N-dealkylation sites (tertiary alicyclic amines) is 1. The van der Waals surface area contributed by atoms with E-state index in [1.807, 2.05) is 11.9 Å². The van der Waals surface area contributed by atoms with Crippen LogP contribution in [0.1, 0.15) is 51.9 Å². The van der Waals surface area contributed by atoms with Gasteiger partial charge in [-0.3, -0.25) is 4.79 Å². The lowest BCUT2D eigenvalue weighted by atomic mass is 9.93. The zero-order valence-electron chi connectivity index (χ0n) is 12.0. The molecule has 0 aromatic rings. The second-order valence-corrected chi connectivity index (χ2v) is 6.08. The predicted octanol–water partition coefficient (Wildman–Crippen LogP) is 2.51. The minimum absolute atomic E-state index is 0.355. The van der Waals surface area contributed by atoms with E-state index in [1.54, 1.807) is 0 Å². The third-order valence-corrected chi connectivity index (χ3v) is 4.45. The first-order valence-electron chi connectivity index (χ1n) is 7.68. The number of hydrogen-bond donors (Lipinski definition) is 0. The molecule has 1 aliphatic carbocycles. The molecule has 2 rings (SSSR count). The van der Waals surface area contributed by atoms with Gasteiger partial charge in [-0.2, -0.15) is 0 Å². The number of amides is 1. The van der Waals surface area contributed by atoms with Crippen molar-refractivity contribution >= 4 is 5.91 Å². The molecule has 2 fully saturated rings. The molecule has 0 N–H and O–H groups in total. The maximum absolute atomic E-state index is 12.1. The van der Waals surface area contributed by atoms with Crippen molar-refractivity contribution in [1.29, 1.82) is 0 Å². The second kappa shape index (κ2) is 6.55. The monoisotopic (exact) mass is 252 g/mol. The highest BCUT2D eigenvalue weighted by Crippen LogP contribution is 2.31. The SMILES string of the molecule is CCCCN(C)C(=O)CC1CCN(C2CC2)CC1. The van der Waals surface area contributed by atoms with Crippen LogP contribution in [0, 0.1) is 5.92 Å². The maximum atomic E-state index is 12.1. The quantitative estimate of drug-likeness (QED) is 0.725. The molecule has 3 nitrogen and oxygen atoms in total. The summed E-state index contributed by atoms with van der Waals surface area (Å²) in [7, 11) is 1.96. The van der Waals surface area contributed by atoms with Crippen LogP contribution in [-0.4, -0.2) is 48.4 Å². The summed E-state index contributed by atoms with van der Waals surface area (Å²) in [5.74, 6) is 0.991. The summed E-state index contributed by atoms with van der Waals surface area (Å²) in [5.41, 5.74) is 0. The Morgan fingerprint density at radius 1 is 1.22 bits per heavy atom. The van der Waals surface area contributed by atoms with E-state index in [2.05, 4.69) is 11.8 Å². The van der Waals surface area contributed by atoms with E-state index in [9.17, 15) is 4.79 Å². The van der Waals surface area contributed by atoms with Gasteiger partial charge < -0.3 is 9.80 Å². The highest BCUT2D eigenvalue weighted by Gasteiger charge is 2.32. The first kappa shape index (κ1) is 13.9. The molecule has 0 bridgehead atoms. The minimum atomic E-state index is 0.355. The van der Waals surface area contributed by atoms with Gasteiger partial charge >= 0.3 is 0 Å². The van der Waals surface area contributed by atoms with Crippen molar-refractivity contribution in [2.24, 2.45) is 5.92 Å². The van der Waals surface area contributed by atoms with Crippen LogP contribution >= 0.6 is 0 Å². The predicted molar refractivity (Wildman–Crippen MR) is 74.5 cm³/mol. The van der Waals surface area contributed by atoms with Crippen molar-refractivity contribution in [1.82, 2.24) is 9.80 Å². The summed E-state index contributed by atoms with van der Waals surface area (Å²) in [6.45, 7) is 5.55. The van der Waals surface area contributed by atoms with Gasteiger partial charge in [-0.1, -0.05) is 13.3 Å². The number of nitrogens with zero attached hydrogens (tertiary/aromatic N) is 2. The molecule has 0 aromatic heterocycles. The Morgan fingerprint density at radius 2 is 1.89 bits per heavy atom. The van der Waals surface area contributed by atoms with Crippen LogP contribution in [-0.2, 0) is 4.79 Å². The van der Waals surface area contributed by atoms with Gasteiger partial charge in [-0.25, -0.2) is 0 Å². The average molecular weight is 252 g/mol. The zero-order valence-corrected chi connectivity index (χ0v) is 12.0. The van der Waals surface area contributed by atoms with Gasteiger partial charge in [0.2, 0.25) is 5.91 Å². The van der Waals surface area contributed by atoms with E-state index in [-0.39, 0.29) is 0 Å². The largest absolute Gasteiger partial charge is 0.346 e. The van der Waals surface area contributed by atoms with Gasteiger partial charge in [-0.15, -0.1) is 0 Å². The van der Waals surface area contributed by atoms with E-state index in [1.165, 1.54) is 38.8 Å². The summed E-state index contributed by atoms with van der Waals surface area (Å²) in [4.78, 5) is 16.6. The van der Waals surface area contributed by atoms with Gasteiger partial charge in [0.05, 0.1) is 0 Å². The first-order valence-corrected chi connectivity index (χ1v) is 7.68. The molecule has 0 atom stereocenters. The zero-order chi connectivity index (χ0) is 13.0. The van der Waals surface area contributed by atoms with Gasteiger partial charge in [0.1, 0.15) is 0 Å². The molecule has 1 amide bonds. The van der Waals surface area contributed by atoms with Gasteiger partial charge in [0, 0.05) is 26.1 Å². The van der Waals surface area contributed by atoms with Gasteiger partial charge in [0.25, 0.3) is 0 Å². The highest BCUT2D eigenvalue weighted by molar-refractivity contribution is 5.76. The summed E-state index contributed by atoms with van der Waals surface area (Å²) < 4.78 is 0. The van der Waals surface area contributed by atoms with Crippen molar-refractivity contribution in [3.05, 3.63) is 0 Å². The summed E-state index contributed by atoms with van der Waals surface area (Å²) in [6, 6.07) is 0.897. The number of carbonyl (C=O) groups excluding carboxylic acids is 1. The van der Waals surface area contributed by atoms with Crippen molar-refractivity contribution < 1.29 is 4.79 Å². The molecule has 1 saturated carbocycles. The fourth-order valence-electron chi connectivity index (χ4n) is 2.88. The second-order valence-electron chi connectivity index (χ2n) is 6.08. The van der Waals surface area contributed by atoms with E-state index in [4.69, 9.17) is 0 Å². The Balaban J connectivity index is 1.65. The van der Waals surface area contributed by atoms with Crippen molar-refractivity contribution in [2.45, 2.75) is 57.9 Å². The third-order valence-electron chi connectivity index (χ3n) is 4.45. The van der Waals surface area contributed by atoms with Gasteiger partial charge in [0.15, 0.2) is 0 Å². The lowest BCUT2D eigenvalue weighted by molar-refractivity contribution is -0.131. The van der Waals surface area contributed by atoms with Crippen molar-refractivity contribution in [3.63, 3.8) is 0 Å². The molecule has 0 radical (unpaired) electrons. The van der Waals surface area contributed by atoms with Crippen molar-refractivity contribution in [2.75, 3.05) is 26.7 Å². The smallest absolute Gasteiger partial charge is 0.222 e. The fourth-order valence-corrected chi connectivity index (χ4v) is 2.88. The van der Waals surface area contributed by atoms with Crippen LogP contribution in [0.2, 0.25) is 0 Å². The van der Waals surface area contributed by atoms with E-state index >= 15 is 0 Å². The Morgan fingerprint density at radius 3 is 2.44 bits per heavy atom. The maximum Gasteiger partial charge on any atom is 0.222 e. The van der Waals surface area contributed by atoms with Crippen LogP contribution in [0.5, 0.6) is 0 Å². The average Bonchev–Trinajstić information content (AvgIpc) is 3.21. The molecule has 0 unspecified atom stereocenters. The minimum Gasteiger partial charge on any atom is -0.346 e. The molecule has 1 aliphatic heterocycles. The molecule has 1 heterocycles. The van der Waals surface area contributed by atoms with Crippen LogP contribution in [0.15, 0.2) is 0 Å². The summed E-state index contributed by atoms with van der Waals surface area (Å²) >= 11 is 0. The van der Waals surface area contributed by atoms with E-state index in [0.717, 1.165) is 31.8 Å². The molecular weight excluding hydrogens is 224 g/mol. The lowest BCUT2D eigenvalue weighted by Crippen LogP contribution is -2.37. The number of unbranched alkanes of at least 4 members (excludes halogenated alkanes) is 1. The molecule has 0 spiro atoms. The Labute approximate surface area is 112 Å². The Bertz CT molecular complexity index is 268. The fraction of sp³-hybridized carbons (Fsp3) is 0.933. The van der Waals surface area contributed by atoms with E-state index < -0.39 is 0 Å². The summed E-state index contributed by atoms with van der Waals surface area (Å²) in [6.07, 6.45) is 8.33. The third kappa shape index (κ3) is 3.98. The molecule has 18 heavy (non-hydrogen) atoms. The van der Waals surface area contributed by atoms with Crippen LogP contribution < -0.4 is 0 Å². The Hall–Kier alpha value is -0.570. The van der Waals surface area contributed by atoms with Gasteiger partial charge in [-0.05, 0) is 51.1 Å². The standard InChI is InChI=1S/C15H28N2O/c1-3-4-9-16(2)15(18)12-13-7-10-17(11-8-13)14-5-6-14/h13-14H,3-12H2,1-2H3. The molecule has 0 aromatic carbocycles. The van der Waals surface area contributed by atoms with Crippen LogP contribution in [0.4, 0.5) is 0 Å². The number of carbonyl (C=O) groups is 1. The molecular formula is C15H28N2O. The Kier molecular flexibility index (Phi) is 5.04. The van der Waals surface area contributed by atoms with Crippen LogP contribution in [0.3, 0.4) is 0 Å². The first-order chi connectivity index (χ1) is 8.70. The number of hydrogen-bond acceptors (Lipinski definition) is 2. The van der Waals surface area contributed by atoms with E-state index in [0.29, 0.717) is 11.8 Å². The number of rotatable bonds is 6. The lowest BCUT2D eigenvalue weighted by Gasteiger charge is -2.32. The topological polar surface area (TPSA) is 23.6 Å². The summed E-state index contributed by atoms with van der Waals surface area (Å²) in [5, 5.41) is 0. The highest BCUT2D eigenvalue weighted by atomic mass is 16.2. The molecule has 1 saturated heterocycles. The molecule has 104 valence electrons. The number of piperidine rings is 1. The van der Waals surface area contributed by atoms with Crippen molar-refractivity contribution in [3.8, 4) is 0 Å². The molecule has 3 heteroatoms. The normalized spacial score (nSPS) is 22.1. The van der Waals surface area contributed by atoms with Crippen LogP contribution in [0.25, 0.3) is 0 Å². The molecule has 2 aliphatic rings.